The molecule has 0 N–H and O–H groups in total. The maximum Gasteiger partial charge on any atom is 0.233 e. The van der Waals surface area contributed by atoms with E-state index in [1.54, 1.807) is 0 Å². The average molecular weight is 490 g/mol. The lowest BCUT2D eigenvalue weighted by molar-refractivity contribution is -0.130. The van der Waals surface area contributed by atoms with Crippen LogP contribution in [0.3, 0.4) is 0 Å². The number of para-hydroxylation sites is 1. The van der Waals surface area contributed by atoms with E-state index in [-0.39, 0.29) is 5.91 Å². The Morgan fingerprint density at radius 3 is 2.40 bits per heavy atom. The van der Waals surface area contributed by atoms with E-state index in [0.717, 1.165) is 54.2 Å². The predicted molar refractivity (Wildman–Crippen MR) is 142 cm³/mol. The van der Waals surface area contributed by atoms with Crippen LogP contribution >= 0.6 is 11.8 Å². The van der Waals surface area contributed by atoms with Gasteiger partial charge in [-0.2, -0.15) is 0 Å². The van der Waals surface area contributed by atoms with Crippen molar-refractivity contribution >= 4 is 17.7 Å². The normalized spacial score (nSPS) is 19.7. The van der Waals surface area contributed by atoms with Crippen LogP contribution in [-0.4, -0.2) is 68.9 Å². The summed E-state index contributed by atoms with van der Waals surface area (Å²) in [5, 5.41) is 9.73. The Morgan fingerprint density at radius 2 is 1.66 bits per heavy atom. The highest BCUT2D eigenvalue weighted by atomic mass is 32.2. The molecule has 0 radical (unpaired) electrons. The molecule has 0 spiro atoms. The summed E-state index contributed by atoms with van der Waals surface area (Å²) in [7, 11) is 0. The van der Waals surface area contributed by atoms with Gasteiger partial charge in [-0.1, -0.05) is 67.2 Å². The second-order valence-corrected chi connectivity index (χ2v) is 10.9. The van der Waals surface area contributed by atoms with Crippen molar-refractivity contribution < 1.29 is 4.79 Å². The standard InChI is InChI=1S/C28H35N5OS/c1-22-14-17-31(18-15-22)19-23-9-8-16-32(20-23)26(34)21-35-28-30-29-27(24-10-4-2-5-11-24)33(28)25-12-6-3-7-13-25/h2-7,10-13,22-23H,8-9,14-21H2,1H3. The van der Waals surface area contributed by atoms with Crippen molar-refractivity contribution in [1.29, 1.82) is 0 Å². The number of rotatable bonds is 7. The molecule has 1 amide bonds. The van der Waals surface area contributed by atoms with E-state index in [2.05, 4.69) is 43.6 Å². The molecule has 3 heterocycles. The third-order valence-corrected chi connectivity index (χ3v) is 8.18. The van der Waals surface area contributed by atoms with Gasteiger partial charge in [0.15, 0.2) is 11.0 Å². The van der Waals surface area contributed by atoms with E-state index in [9.17, 15) is 4.79 Å². The maximum absolute atomic E-state index is 13.2. The van der Waals surface area contributed by atoms with Crippen LogP contribution in [0.5, 0.6) is 0 Å². The lowest BCUT2D eigenvalue weighted by Gasteiger charge is -2.37. The molecule has 7 heteroatoms. The predicted octanol–water partition coefficient (Wildman–Crippen LogP) is 5.00. The number of hydrogen-bond acceptors (Lipinski definition) is 5. The molecular weight excluding hydrogens is 454 g/mol. The van der Waals surface area contributed by atoms with Gasteiger partial charge < -0.3 is 9.80 Å². The number of aromatic nitrogens is 3. The summed E-state index contributed by atoms with van der Waals surface area (Å²) in [6, 6.07) is 20.2. The zero-order chi connectivity index (χ0) is 24.0. The molecule has 2 saturated heterocycles. The molecule has 0 saturated carbocycles. The molecular formula is C28H35N5OS. The van der Waals surface area contributed by atoms with Crippen LogP contribution in [0.25, 0.3) is 17.1 Å². The first-order valence-corrected chi connectivity index (χ1v) is 13.8. The Hall–Kier alpha value is -2.64. The third-order valence-electron chi connectivity index (χ3n) is 7.27. The van der Waals surface area contributed by atoms with E-state index in [4.69, 9.17) is 0 Å². The van der Waals surface area contributed by atoms with Gasteiger partial charge in [-0.15, -0.1) is 10.2 Å². The first kappa shape index (κ1) is 24.1. The first-order valence-electron chi connectivity index (χ1n) is 12.9. The van der Waals surface area contributed by atoms with Gasteiger partial charge in [-0.3, -0.25) is 9.36 Å². The molecule has 2 aliphatic rings. The van der Waals surface area contributed by atoms with E-state index in [1.165, 1.54) is 44.1 Å². The molecule has 1 aromatic heterocycles. The average Bonchev–Trinajstić information content (AvgIpc) is 3.34. The van der Waals surface area contributed by atoms with Gasteiger partial charge in [0.1, 0.15) is 0 Å². The highest BCUT2D eigenvalue weighted by Gasteiger charge is 2.27. The molecule has 2 aliphatic heterocycles. The molecule has 0 bridgehead atoms. The molecule has 5 rings (SSSR count). The molecule has 1 atom stereocenters. The zero-order valence-electron chi connectivity index (χ0n) is 20.6. The monoisotopic (exact) mass is 489 g/mol. The van der Waals surface area contributed by atoms with Crippen molar-refractivity contribution in [1.82, 2.24) is 24.6 Å². The highest BCUT2D eigenvalue weighted by molar-refractivity contribution is 7.99. The molecule has 1 unspecified atom stereocenters. The van der Waals surface area contributed by atoms with Crippen molar-refractivity contribution in [2.75, 3.05) is 38.5 Å². The highest BCUT2D eigenvalue weighted by Crippen LogP contribution is 2.29. The summed E-state index contributed by atoms with van der Waals surface area (Å²) < 4.78 is 2.06. The number of nitrogens with zero attached hydrogens (tertiary/aromatic N) is 5. The fraction of sp³-hybridized carbons (Fsp3) is 0.464. The second-order valence-electron chi connectivity index (χ2n) is 9.96. The summed E-state index contributed by atoms with van der Waals surface area (Å²) in [5.74, 6) is 2.82. The number of thioether (sulfide) groups is 1. The van der Waals surface area contributed by atoms with Crippen LogP contribution in [0.15, 0.2) is 65.8 Å². The quantitative estimate of drug-likeness (QED) is 0.437. The lowest BCUT2D eigenvalue weighted by atomic mass is 9.94. The van der Waals surface area contributed by atoms with Gasteiger partial charge in [0.25, 0.3) is 0 Å². The van der Waals surface area contributed by atoms with Gasteiger partial charge in [-0.05, 0) is 62.7 Å². The summed E-state index contributed by atoms with van der Waals surface area (Å²) in [6.07, 6.45) is 4.94. The number of benzene rings is 2. The van der Waals surface area contributed by atoms with Crippen molar-refractivity contribution in [3.8, 4) is 17.1 Å². The first-order chi connectivity index (χ1) is 17.2. The topological polar surface area (TPSA) is 54.3 Å². The SMILES string of the molecule is CC1CCN(CC2CCCN(C(=O)CSc3nnc(-c4ccccc4)n3-c3ccccc3)C2)CC1. The molecule has 184 valence electrons. The van der Waals surface area contributed by atoms with Gasteiger partial charge in [-0.25, -0.2) is 0 Å². The minimum atomic E-state index is 0.204. The Morgan fingerprint density at radius 1 is 0.943 bits per heavy atom. The third kappa shape index (κ3) is 5.96. The largest absolute Gasteiger partial charge is 0.342 e. The minimum absolute atomic E-state index is 0.204. The number of carbonyl (C=O) groups excluding carboxylic acids is 1. The summed E-state index contributed by atoms with van der Waals surface area (Å²) >= 11 is 1.48. The lowest BCUT2D eigenvalue weighted by Crippen LogP contribution is -2.45. The number of carbonyl (C=O) groups is 1. The van der Waals surface area contributed by atoms with Crippen LogP contribution in [-0.2, 0) is 4.79 Å². The number of amides is 1. The van der Waals surface area contributed by atoms with Gasteiger partial charge in [0, 0.05) is 30.9 Å². The molecule has 0 aliphatic carbocycles. The van der Waals surface area contributed by atoms with Crippen LogP contribution < -0.4 is 0 Å². The summed E-state index contributed by atoms with van der Waals surface area (Å²) in [4.78, 5) is 17.9. The molecule has 3 aromatic rings. The minimum Gasteiger partial charge on any atom is -0.342 e. The Balaban J connectivity index is 1.24. The second kappa shape index (κ2) is 11.4. The van der Waals surface area contributed by atoms with Crippen molar-refractivity contribution in [2.45, 2.75) is 37.8 Å². The van der Waals surface area contributed by atoms with Crippen LogP contribution in [0.4, 0.5) is 0 Å². The van der Waals surface area contributed by atoms with Gasteiger partial charge in [0.2, 0.25) is 5.91 Å². The Labute approximate surface area is 212 Å². The zero-order valence-corrected chi connectivity index (χ0v) is 21.4. The van der Waals surface area contributed by atoms with Crippen molar-refractivity contribution in [3.63, 3.8) is 0 Å². The van der Waals surface area contributed by atoms with Crippen LogP contribution in [0.1, 0.15) is 32.6 Å². The molecule has 6 nitrogen and oxygen atoms in total. The fourth-order valence-corrected chi connectivity index (χ4v) is 6.07. The van der Waals surface area contributed by atoms with E-state index < -0.39 is 0 Å². The number of likely N-dealkylation sites (tertiary alicyclic amines) is 2. The summed E-state index contributed by atoms with van der Waals surface area (Å²) in [6.45, 7) is 7.66. The fourth-order valence-electron chi connectivity index (χ4n) is 5.22. The van der Waals surface area contributed by atoms with E-state index >= 15 is 0 Å². The number of hydrogen-bond donors (Lipinski definition) is 0. The maximum atomic E-state index is 13.2. The molecule has 2 aromatic carbocycles. The molecule has 2 fully saturated rings. The van der Waals surface area contributed by atoms with Crippen LogP contribution in [0, 0.1) is 11.8 Å². The van der Waals surface area contributed by atoms with Crippen LogP contribution in [0.2, 0.25) is 0 Å². The smallest absolute Gasteiger partial charge is 0.233 e. The summed E-state index contributed by atoms with van der Waals surface area (Å²) in [5.41, 5.74) is 2.01. The molecule has 35 heavy (non-hydrogen) atoms. The van der Waals surface area contributed by atoms with Gasteiger partial charge in [0.05, 0.1) is 5.75 Å². The van der Waals surface area contributed by atoms with Gasteiger partial charge >= 0.3 is 0 Å². The van der Waals surface area contributed by atoms with Crippen molar-refractivity contribution in [3.05, 3.63) is 60.7 Å². The van der Waals surface area contributed by atoms with E-state index in [0.29, 0.717) is 11.7 Å². The Bertz CT molecular complexity index is 1100. The Kier molecular flexibility index (Phi) is 7.84. The van der Waals surface area contributed by atoms with E-state index in [1.807, 2.05) is 48.5 Å². The number of piperidine rings is 2. The van der Waals surface area contributed by atoms with Crippen molar-refractivity contribution in [2.24, 2.45) is 11.8 Å².